The van der Waals surface area contributed by atoms with Crippen LogP contribution in [0.1, 0.15) is 77.1 Å². The quantitative estimate of drug-likeness (QED) is 0.566. The van der Waals surface area contributed by atoms with Crippen LogP contribution in [0.15, 0.2) is 25.8 Å². The Hall–Kier alpha value is -1.34. The second-order valence-corrected chi connectivity index (χ2v) is 11.0. The van der Waals surface area contributed by atoms with E-state index >= 15 is 0 Å². The largest absolute Gasteiger partial charge is 0.296 e. The summed E-state index contributed by atoms with van der Waals surface area (Å²) in [5.74, 6) is 0.948. The van der Waals surface area contributed by atoms with Crippen LogP contribution in [0.4, 0.5) is 0 Å². The molecule has 1 saturated carbocycles. The first kappa shape index (κ1) is 20.9. The van der Waals surface area contributed by atoms with E-state index in [0.717, 1.165) is 54.5 Å². The molecule has 1 aromatic carbocycles. The van der Waals surface area contributed by atoms with Crippen LogP contribution in [-0.2, 0) is 22.9 Å². The van der Waals surface area contributed by atoms with E-state index < -0.39 is 11.0 Å². The molecule has 0 radical (unpaired) electrons. The summed E-state index contributed by atoms with van der Waals surface area (Å²) in [5, 5.41) is 0.619. The molecule has 0 saturated heterocycles. The van der Waals surface area contributed by atoms with Gasteiger partial charge in [0.05, 0.1) is 21.9 Å². The normalized spacial score (nSPS) is 20.3. The van der Waals surface area contributed by atoms with Crippen LogP contribution in [0.25, 0.3) is 10.9 Å². The molecule has 2 aliphatic rings. The Labute approximate surface area is 182 Å². The Balaban J connectivity index is 1.88. The summed E-state index contributed by atoms with van der Waals surface area (Å²) in [6.07, 6.45) is 7.50. The molecule has 2 aromatic rings. The summed E-state index contributed by atoms with van der Waals surface area (Å²) in [6, 6.07) is 3.80. The summed E-state index contributed by atoms with van der Waals surface area (Å²) < 4.78 is 19.8. The van der Waals surface area contributed by atoms with E-state index in [4.69, 9.17) is 4.98 Å². The lowest BCUT2D eigenvalue weighted by molar-refractivity contribution is 0.429. The first-order valence-electron chi connectivity index (χ1n) is 10.6. The zero-order valence-corrected chi connectivity index (χ0v) is 19.7. The molecule has 156 valence electrons. The molecular weight excluding hydrogens is 450 g/mol. The minimum Gasteiger partial charge on any atom is -0.296 e. The number of halogens is 1. The van der Waals surface area contributed by atoms with Gasteiger partial charge in [0.2, 0.25) is 0 Å². The predicted molar refractivity (Wildman–Crippen MR) is 123 cm³/mol. The van der Waals surface area contributed by atoms with Crippen molar-refractivity contribution in [3.05, 3.63) is 38.3 Å². The Morgan fingerprint density at radius 2 is 2.07 bits per heavy atom. The molecule has 4 rings (SSSR count). The molecule has 2 heterocycles. The number of nitrogens with zero attached hydrogens (tertiary/aromatic N) is 3. The monoisotopic (exact) mass is 477 g/mol. The van der Waals surface area contributed by atoms with Crippen molar-refractivity contribution in [2.24, 2.45) is 4.40 Å². The average molecular weight is 478 g/mol. The van der Waals surface area contributed by atoms with Gasteiger partial charge in [0.1, 0.15) is 16.8 Å². The van der Waals surface area contributed by atoms with Crippen LogP contribution in [0.3, 0.4) is 0 Å². The Kier molecular flexibility index (Phi) is 5.81. The number of hydrogen-bond donors (Lipinski definition) is 0. The van der Waals surface area contributed by atoms with Gasteiger partial charge >= 0.3 is 0 Å². The van der Waals surface area contributed by atoms with E-state index in [1.165, 1.54) is 12.8 Å². The fourth-order valence-electron chi connectivity index (χ4n) is 4.92. The van der Waals surface area contributed by atoms with Gasteiger partial charge in [0.25, 0.3) is 5.56 Å². The SMILES string of the molecule is CCCC(C)S(=O)/N=C(\C)c1cc(Br)cc2c(=O)n3c(nc12)C1(CCCC1)CC3. The highest BCUT2D eigenvalue weighted by Gasteiger charge is 2.43. The maximum absolute atomic E-state index is 13.3. The van der Waals surface area contributed by atoms with E-state index in [9.17, 15) is 9.00 Å². The maximum atomic E-state index is 13.3. The summed E-state index contributed by atoms with van der Waals surface area (Å²) >= 11 is 3.54. The summed E-state index contributed by atoms with van der Waals surface area (Å²) in [5.41, 5.74) is 2.25. The van der Waals surface area contributed by atoms with E-state index in [2.05, 4.69) is 27.3 Å². The molecule has 2 atom stereocenters. The summed E-state index contributed by atoms with van der Waals surface area (Å²) in [6.45, 7) is 6.68. The van der Waals surface area contributed by atoms with Gasteiger partial charge in [0.15, 0.2) is 0 Å². The lowest BCUT2D eigenvalue weighted by atomic mass is 9.84. The van der Waals surface area contributed by atoms with Crippen LogP contribution < -0.4 is 5.56 Å². The molecule has 1 fully saturated rings. The van der Waals surface area contributed by atoms with Crippen molar-refractivity contribution in [1.82, 2.24) is 9.55 Å². The number of aromatic nitrogens is 2. The van der Waals surface area contributed by atoms with Gasteiger partial charge in [-0.2, -0.15) is 4.40 Å². The molecule has 1 spiro atoms. The maximum Gasteiger partial charge on any atom is 0.261 e. The second-order valence-electron chi connectivity index (χ2n) is 8.53. The van der Waals surface area contributed by atoms with Crippen molar-refractivity contribution in [2.75, 3.05) is 0 Å². The number of benzene rings is 1. The molecule has 0 amide bonds. The molecule has 5 nitrogen and oxygen atoms in total. The molecule has 0 bridgehead atoms. The van der Waals surface area contributed by atoms with Crippen LogP contribution in [0, 0.1) is 0 Å². The van der Waals surface area contributed by atoms with E-state index in [1.54, 1.807) is 0 Å². The average Bonchev–Trinajstić information content (AvgIpc) is 3.30. The second kappa shape index (κ2) is 8.06. The zero-order valence-electron chi connectivity index (χ0n) is 17.3. The van der Waals surface area contributed by atoms with E-state index in [-0.39, 0.29) is 16.2 Å². The molecule has 1 aliphatic heterocycles. The van der Waals surface area contributed by atoms with Crippen molar-refractivity contribution >= 4 is 43.5 Å². The zero-order chi connectivity index (χ0) is 20.8. The number of fused-ring (bicyclic) bond motifs is 3. The van der Waals surface area contributed by atoms with Crippen molar-refractivity contribution < 1.29 is 4.21 Å². The minimum absolute atomic E-state index is 0.0120. The molecular formula is C22H28BrN3O2S. The Morgan fingerprint density at radius 1 is 1.34 bits per heavy atom. The van der Waals surface area contributed by atoms with Crippen molar-refractivity contribution in [2.45, 2.75) is 82.9 Å². The minimum atomic E-state index is -1.30. The smallest absolute Gasteiger partial charge is 0.261 e. The topological polar surface area (TPSA) is 64.3 Å². The standard InChI is InChI=1S/C22H28BrN3O2S/c1-4-7-14(2)29(28)25-15(3)17-12-16(23)13-18-19(17)24-21-22(8-5-6-9-22)10-11-26(21)20(18)27/h12-14H,4-11H2,1-3H3/b25-15+. The number of rotatable bonds is 5. The molecule has 1 aliphatic carbocycles. The predicted octanol–water partition coefficient (Wildman–Crippen LogP) is 5.04. The third-order valence-corrected chi connectivity index (χ3v) is 8.36. The first-order chi connectivity index (χ1) is 13.9. The van der Waals surface area contributed by atoms with E-state index in [1.807, 2.05) is 30.5 Å². The highest BCUT2D eigenvalue weighted by molar-refractivity contribution is 9.10. The van der Waals surface area contributed by atoms with Crippen molar-refractivity contribution in [1.29, 1.82) is 0 Å². The van der Waals surface area contributed by atoms with E-state index in [0.29, 0.717) is 16.6 Å². The summed E-state index contributed by atoms with van der Waals surface area (Å²) in [7, 11) is -1.30. The highest BCUT2D eigenvalue weighted by Crippen LogP contribution is 2.46. The molecule has 2 unspecified atom stereocenters. The molecule has 29 heavy (non-hydrogen) atoms. The third-order valence-electron chi connectivity index (χ3n) is 6.53. The van der Waals surface area contributed by atoms with Gasteiger partial charge in [-0.3, -0.25) is 9.36 Å². The van der Waals surface area contributed by atoms with Crippen LogP contribution in [0.2, 0.25) is 0 Å². The van der Waals surface area contributed by atoms with Gasteiger partial charge in [0, 0.05) is 22.0 Å². The summed E-state index contributed by atoms with van der Waals surface area (Å²) in [4.78, 5) is 18.4. The van der Waals surface area contributed by atoms with Crippen LogP contribution >= 0.6 is 15.9 Å². The van der Waals surface area contributed by atoms with Gasteiger partial charge < -0.3 is 0 Å². The molecule has 0 N–H and O–H groups in total. The lowest BCUT2D eigenvalue weighted by Gasteiger charge is -2.22. The van der Waals surface area contributed by atoms with Crippen molar-refractivity contribution in [3.63, 3.8) is 0 Å². The fraction of sp³-hybridized carbons (Fsp3) is 0.591. The highest BCUT2D eigenvalue weighted by atomic mass is 79.9. The Bertz CT molecular complexity index is 1070. The fourth-order valence-corrected chi connectivity index (χ4v) is 6.37. The van der Waals surface area contributed by atoms with Crippen LogP contribution in [0.5, 0.6) is 0 Å². The molecule has 7 heteroatoms. The van der Waals surface area contributed by atoms with Crippen LogP contribution in [-0.4, -0.2) is 24.7 Å². The van der Waals surface area contributed by atoms with Gasteiger partial charge in [-0.05, 0) is 51.7 Å². The first-order valence-corrected chi connectivity index (χ1v) is 12.5. The third kappa shape index (κ3) is 3.65. The van der Waals surface area contributed by atoms with Gasteiger partial charge in [-0.25, -0.2) is 9.19 Å². The number of hydrogen-bond acceptors (Lipinski definition) is 3. The van der Waals surface area contributed by atoms with Crippen molar-refractivity contribution in [3.8, 4) is 0 Å². The van der Waals surface area contributed by atoms with Gasteiger partial charge in [-0.1, -0.05) is 42.1 Å². The van der Waals surface area contributed by atoms with Gasteiger partial charge in [-0.15, -0.1) is 0 Å². The lowest BCUT2D eigenvalue weighted by Crippen LogP contribution is -2.27. The Morgan fingerprint density at radius 3 is 2.76 bits per heavy atom. The molecule has 1 aromatic heterocycles.